The van der Waals surface area contributed by atoms with Gasteiger partial charge >= 0.3 is 0 Å². The van der Waals surface area contributed by atoms with Gasteiger partial charge in [-0.3, -0.25) is 4.79 Å². The average Bonchev–Trinajstić information content (AvgIpc) is 2.73. The van der Waals surface area contributed by atoms with Crippen molar-refractivity contribution in [3.8, 4) is 17.6 Å². The monoisotopic (exact) mass is 371 g/mol. The maximum atomic E-state index is 12.0. The summed E-state index contributed by atoms with van der Waals surface area (Å²) in [6.07, 6.45) is 1.49. The number of benzene rings is 3. The Hall–Kier alpha value is -4.11. The highest BCUT2D eigenvalue weighted by molar-refractivity contribution is 5.97. The molecule has 1 amide bonds. The highest BCUT2D eigenvalue weighted by Crippen LogP contribution is 2.16. The van der Waals surface area contributed by atoms with Crippen molar-refractivity contribution in [1.29, 1.82) is 5.26 Å². The zero-order valence-electron chi connectivity index (χ0n) is 14.9. The minimum absolute atomic E-state index is 0.102. The SMILES string of the molecule is N#Cc1ccccc1COc1ccc(/C=N/NC(=O)c2ccccc2O)cc1. The first-order valence-electron chi connectivity index (χ1n) is 8.49. The molecule has 0 aliphatic rings. The molecule has 0 aromatic heterocycles. The minimum Gasteiger partial charge on any atom is -0.507 e. The number of nitrogens with zero attached hydrogens (tertiary/aromatic N) is 2. The van der Waals surface area contributed by atoms with Gasteiger partial charge in [-0.05, 0) is 48.0 Å². The molecule has 0 heterocycles. The van der Waals surface area contributed by atoms with Crippen molar-refractivity contribution >= 4 is 12.1 Å². The van der Waals surface area contributed by atoms with Crippen LogP contribution in [0.4, 0.5) is 0 Å². The first-order chi connectivity index (χ1) is 13.7. The summed E-state index contributed by atoms with van der Waals surface area (Å²) in [4.78, 5) is 12.0. The lowest BCUT2D eigenvalue weighted by Gasteiger charge is -2.07. The van der Waals surface area contributed by atoms with Crippen molar-refractivity contribution in [2.75, 3.05) is 0 Å². The number of hydrogen-bond acceptors (Lipinski definition) is 5. The summed E-state index contributed by atoms with van der Waals surface area (Å²) < 4.78 is 5.71. The number of ether oxygens (including phenoxy) is 1. The third-order valence-electron chi connectivity index (χ3n) is 3.94. The van der Waals surface area contributed by atoms with Gasteiger partial charge < -0.3 is 9.84 Å². The van der Waals surface area contributed by atoms with Gasteiger partial charge in [0, 0.05) is 5.56 Å². The lowest BCUT2D eigenvalue weighted by atomic mass is 10.1. The number of hydrogen-bond donors (Lipinski definition) is 2. The summed E-state index contributed by atoms with van der Waals surface area (Å²) in [5.41, 5.74) is 4.70. The molecule has 0 fully saturated rings. The zero-order chi connectivity index (χ0) is 19.8. The van der Waals surface area contributed by atoms with E-state index < -0.39 is 5.91 Å². The van der Waals surface area contributed by atoms with E-state index in [1.54, 1.807) is 42.5 Å². The lowest BCUT2D eigenvalue weighted by Crippen LogP contribution is -2.17. The number of phenols is 1. The van der Waals surface area contributed by atoms with Gasteiger partial charge in [0.05, 0.1) is 23.4 Å². The molecule has 0 spiro atoms. The van der Waals surface area contributed by atoms with Gasteiger partial charge in [0.15, 0.2) is 0 Å². The Labute approximate surface area is 162 Å². The molecule has 28 heavy (non-hydrogen) atoms. The molecule has 6 heteroatoms. The molecule has 0 aliphatic heterocycles. The van der Waals surface area contributed by atoms with Crippen molar-refractivity contribution in [3.05, 3.63) is 95.1 Å². The van der Waals surface area contributed by atoms with Crippen LogP contribution in [0.25, 0.3) is 0 Å². The summed E-state index contributed by atoms with van der Waals surface area (Å²) in [5.74, 6) is 0.0586. The molecule has 0 saturated carbocycles. The van der Waals surface area contributed by atoms with Gasteiger partial charge in [0.1, 0.15) is 18.1 Å². The van der Waals surface area contributed by atoms with Gasteiger partial charge in [0.25, 0.3) is 5.91 Å². The molecule has 0 saturated heterocycles. The average molecular weight is 371 g/mol. The Balaban J connectivity index is 1.56. The summed E-state index contributed by atoms with van der Waals surface area (Å²) >= 11 is 0. The first kappa shape index (κ1) is 18.7. The van der Waals surface area contributed by atoms with E-state index in [4.69, 9.17) is 10.00 Å². The van der Waals surface area contributed by atoms with E-state index in [2.05, 4.69) is 16.6 Å². The number of amides is 1. The fraction of sp³-hybridized carbons (Fsp3) is 0.0455. The molecular weight excluding hydrogens is 354 g/mol. The van der Waals surface area contributed by atoms with Crippen LogP contribution in [0.3, 0.4) is 0 Å². The topological polar surface area (TPSA) is 94.7 Å². The number of carbonyl (C=O) groups excluding carboxylic acids is 1. The fourth-order valence-corrected chi connectivity index (χ4v) is 2.46. The highest BCUT2D eigenvalue weighted by atomic mass is 16.5. The summed E-state index contributed by atoms with van der Waals surface area (Å²) in [5, 5.41) is 22.6. The van der Waals surface area contributed by atoms with Gasteiger partial charge in [-0.1, -0.05) is 30.3 Å². The number of rotatable bonds is 6. The second kappa shape index (κ2) is 9.01. The number of para-hydroxylation sites is 1. The van der Waals surface area contributed by atoms with E-state index >= 15 is 0 Å². The molecule has 3 aromatic carbocycles. The van der Waals surface area contributed by atoms with Crippen molar-refractivity contribution in [3.63, 3.8) is 0 Å². The number of nitriles is 1. The van der Waals surface area contributed by atoms with E-state index in [0.717, 1.165) is 11.1 Å². The van der Waals surface area contributed by atoms with E-state index in [0.29, 0.717) is 17.9 Å². The maximum absolute atomic E-state index is 12.0. The van der Waals surface area contributed by atoms with Gasteiger partial charge in [0.2, 0.25) is 0 Å². The molecule has 2 N–H and O–H groups in total. The summed E-state index contributed by atoms with van der Waals surface area (Å²) in [6, 6.07) is 22.8. The Morgan fingerprint density at radius 2 is 1.79 bits per heavy atom. The van der Waals surface area contributed by atoms with Gasteiger partial charge in [-0.15, -0.1) is 0 Å². The fourth-order valence-electron chi connectivity index (χ4n) is 2.46. The Morgan fingerprint density at radius 1 is 1.07 bits per heavy atom. The standard InChI is InChI=1S/C22H17N3O3/c23-13-17-5-1-2-6-18(17)15-28-19-11-9-16(10-12-19)14-24-25-22(27)20-7-3-4-8-21(20)26/h1-12,14,26H,15H2,(H,25,27)/b24-14+. The Bertz CT molecular complexity index is 1040. The largest absolute Gasteiger partial charge is 0.507 e. The van der Waals surface area contributed by atoms with Crippen LogP contribution in [0, 0.1) is 11.3 Å². The van der Waals surface area contributed by atoms with Crippen LogP contribution in [0.2, 0.25) is 0 Å². The third-order valence-corrected chi connectivity index (χ3v) is 3.94. The molecule has 3 aromatic rings. The number of carbonyl (C=O) groups is 1. The van der Waals surface area contributed by atoms with Crippen LogP contribution >= 0.6 is 0 Å². The third kappa shape index (κ3) is 4.74. The van der Waals surface area contributed by atoms with Crippen molar-refractivity contribution < 1.29 is 14.6 Å². The van der Waals surface area contributed by atoms with Crippen molar-refractivity contribution in [1.82, 2.24) is 5.43 Å². The molecule has 6 nitrogen and oxygen atoms in total. The highest BCUT2D eigenvalue weighted by Gasteiger charge is 2.08. The summed E-state index contributed by atoms with van der Waals surface area (Å²) in [7, 11) is 0. The van der Waals surface area contributed by atoms with E-state index in [-0.39, 0.29) is 11.3 Å². The van der Waals surface area contributed by atoms with Crippen LogP contribution in [-0.4, -0.2) is 17.2 Å². The van der Waals surface area contributed by atoms with Crippen molar-refractivity contribution in [2.24, 2.45) is 5.10 Å². The van der Waals surface area contributed by atoms with Crippen LogP contribution in [-0.2, 0) is 6.61 Å². The minimum atomic E-state index is -0.495. The van der Waals surface area contributed by atoms with E-state index in [1.165, 1.54) is 18.3 Å². The number of aromatic hydroxyl groups is 1. The van der Waals surface area contributed by atoms with Gasteiger partial charge in [-0.25, -0.2) is 5.43 Å². The lowest BCUT2D eigenvalue weighted by molar-refractivity contribution is 0.0952. The molecule has 0 unspecified atom stereocenters. The Kier molecular flexibility index (Phi) is 6.01. The first-order valence-corrected chi connectivity index (χ1v) is 8.49. The Morgan fingerprint density at radius 3 is 2.54 bits per heavy atom. The smallest absolute Gasteiger partial charge is 0.275 e. The number of hydrazone groups is 1. The normalized spacial score (nSPS) is 10.4. The van der Waals surface area contributed by atoms with Crippen LogP contribution in [0.1, 0.15) is 27.0 Å². The van der Waals surface area contributed by atoms with E-state index in [1.807, 2.05) is 18.2 Å². The molecular formula is C22H17N3O3. The van der Waals surface area contributed by atoms with Crippen molar-refractivity contribution in [2.45, 2.75) is 6.61 Å². The predicted molar refractivity (Wildman–Crippen MR) is 105 cm³/mol. The molecule has 3 rings (SSSR count). The molecule has 0 aliphatic carbocycles. The summed E-state index contributed by atoms with van der Waals surface area (Å²) in [6.45, 7) is 0.299. The van der Waals surface area contributed by atoms with Crippen LogP contribution in [0.15, 0.2) is 77.9 Å². The quantitative estimate of drug-likeness (QED) is 0.511. The molecule has 0 radical (unpaired) electrons. The number of nitrogens with one attached hydrogen (secondary N) is 1. The van der Waals surface area contributed by atoms with Crippen LogP contribution < -0.4 is 10.2 Å². The van der Waals surface area contributed by atoms with Gasteiger partial charge in [-0.2, -0.15) is 10.4 Å². The second-order valence-corrected chi connectivity index (χ2v) is 5.84. The predicted octanol–water partition coefficient (Wildman–Crippen LogP) is 3.61. The molecule has 0 atom stereocenters. The molecule has 138 valence electrons. The second-order valence-electron chi connectivity index (χ2n) is 5.84. The van der Waals surface area contributed by atoms with Crippen LogP contribution in [0.5, 0.6) is 11.5 Å². The van der Waals surface area contributed by atoms with E-state index in [9.17, 15) is 9.90 Å². The zero-order valence-corrected chi connectivity index (χ0v) is 14.9. The molecule has 0 bridgehead atoms. The maximum Gasteiger partial charge on any atom is 0.275 e. The number of phenolic OH excluding ortho intramolecular Hbond substituents is 1.